The van der Waals surface area contributed by atoms with Crippen LogP contribution >= 0.6 is 24.0 Å². The highest BCUT2D eigenvalue weighted by Crippen LogP contribution is 2.24. The molecule has 0 saturated carbocycles. The van der Waals surface area contributed by atoms with E-state index >= 15 is 0 Å². The van der Waals surface area contributed by atoms with Crippen molar-refractivity contribution < 1.29 is 8.42 Å². The maximum Gasteiger partial charge on any atom is 0.243 e. The van der Waals surface area contributed by atoms with Gasteiger partial charge in [0, 0.05) is 25.7 Å². The predicted octanol–water partition coefficient (Wildman–Crippen LogP) is 2.37. The molecule has 164 valence electrons. The Labute approximate surface area is 192 Å². The van der Waals surface area contributed by atoms with Gasteiger partial charge in [-0.3, -0.25) is 4.90 Å². The van der Waals surface area contributed by atoms with Gasteiger partial charge in [0.05, 0.1) is 11.4 Å². The van der Waals surface area contributed by atoms with Crippen molar-refractivity contribution in [1.29, 1.82) is 0 Å². The number of rotatable bonds is 7. The van der Waals surface area contributed by atoms with E-state index in [2.05, 4.69) is 22.1 Å². The van der Waals surface area contributed by atoms with E-state index in [9.17, 15) is 8.42 Å². The van der Waals surface area contributed by atoms with Gasteiger partial charge in [0.15, 0.2) is 5.96 Å². The molecule has 1 aromatic rings. The van der Waals surface area contributed by atoms with E-state index in [1.54, 1.807) is 16.4 Å². The van der Waals surface area contributed by atoms with E-state index in [1.807, 2.05) is 12.1 Å². The molecule has 0 radical (unpaired) electrons. The van der Waals surface area contributed by atoms with Gasteiger partial charge in [-0.2, -0.15) is 4.31 Å². The number of hydrogen-bond acceptors (Lipinski definition) is 4. The molecule has 7 nitrogen and oxygen atoms in total. The van der Waals surface area contributed by atoms with E-state index in [1.165, 1.54) is 12.8 Å². The molecular formula is C20H34IN5O2S. The number of halogens is 1. The third-order valence-corrected chi connectivity index (χ3v) is 7.75. The van der Waals surface area contributed by atoms with Crippen molar-refractivity contribution in [2.45, 2.75) is 56.5 Å². The summed E-state index contributed by atoms with van der Waals surface area (Å²) in [5.74, 6) is 0.369. The van der Waals surface area contributed by atoms with Gasteiger partial charge in [0.25, 0.3) is 0 Å². The monoisotopic (exact) mass is 535 g/mol. The fraction of sp³-hybridized carbons (Fsp3) is 0.650. The van der Waals surface area contributed by atoms with Gasteiger partial charge >= 0.3 is 0 Å². The molecule has 3 N–H and O–H groups in total. The van der Waals surface area contributed by atoms with Crippen LogP contribution < -0.4 is 11.1 Å². The maximum atomic E-state index is 13.0. The first-order valence-electron chi connectivity index (χ1n) is 10.4. The molecular weight excluding hydrogens is 501 g/mol. The average molecular weight is 535 g/mol. The SMILES string of the molecule is CCN1CCCC1CNC(N)=NCc1ccccc1S(=O)(=O)N1CCCCC1.I. The van der Waals surface area contributed by atoms with Crippen molar-refractivity contribution in [1.82, 2.24) is 14.5 Å². The molecule has 0 bridgehead atoms. The van der Waals surface area contributed by atoms with Crippen LogP contribution in [-0.2, 0) is 16.6 Å². The number of nitrogens with two attached hydrogens (primary N) is 1. The number of sulfonamides is 1. The molecule has 2 aliphatic heterocycles. The van der Waals surface area contributed by atoms with Crippen LogP contribution in [0.1, 0.15) is 44.6 Å². The van der Waals surface area contributed by atoms with Gasteiger partial charge in [-0.05, 0) is 50.4 Å². The number of likely N-dealkylation sites (N-methyl/N-ethyl adjacent to an activating group) is 1. The summed E-state index contributed by atoms with van der Waals surface area (Å²) in [6, 6.07) is 7.61. The predicted molar refractivity (Wildman–Crippen MR) is 128 cm³/mol. The molecule has 9 heteroatoms. The minimum atomic E-state index is -3.48. The zero-order valence-corrected chi connectivity index (χ0v) is 20.4. The molecule has 0 amide bonds. The Balaban J connectivity index is 0.00000300. The summed E-state index contributed by atoms with van der Waals surface area (Å²) in [7, 11) is -3.48. The lowest BCUT2D eigenvalue weighted by Gasteiger charge is -2.26. The second-order valence-corrected chi connectivity index (χ2v) is 9.49. The Morgan fingerprint density at radius 2 is 1.90 bits per heavy atom. The summed E-state index contributed by atoms with van der Waals surface area (Å²) in [6.07, 6.45) is 5.33. The lowest BCUT2D eigenvalue weighted by atomic mass is 10.2. The van der Waals surface area contributed by atoms with Crippen LogP contribution in [0.3, 0.4) is 0 Å². The first kappa shape index (κ1) is 24.4. The van der Waals surface area contributed by atoms with Crippen LogP contribution in [0.2, 0.25) is 0 Å². The van der Waals surface area contributed by atoms with E-state index < -0.39 is 10.0 Å². The summed E-state index contributed by atoms with van der Waals surface area (Å²) in [5, 5.41) is 3.21. The molecule has 1 aromatic carbocycles. The number of hydrogen-bond donors (Lipinski definition) is 2. The first-order chi connectivity index (χ1) is 13.5. The second kappa shape index (κ2) is 11.5. The fourth-order valence-electron chi connectivity index (χ4n) is 4.12. The lowest BCUT2D eigenvalue weighted by molar-refractivity contribution is 0.267. The summed E-state index contributed by atoms with van der Waals surface area (Å²) in [4.78, 5) is 7.20. The zero-order chi connectivity index (χ0) is 20.0. The lowest BCUT2D eigenvalue weighted by Crippen LogP contribution is -2.42. The van der Waals surface area contributed by atoms with Crippen LogP contribution in [0.15, 0.2) is 34.2 Å². The van der Waals surface area contributed by atoms with Gasteiger partial charge in [-0.1, -0.05) is 31.5 Å². The maximum absolute atomic E-state index is 13.0. The number of piperidine rings is 1. The molecule has 3 rings (SSSR count). The number of benzene rings is 1. The standard InChI is InChI=1S/C20H33N5O2S.HI/c1-2-24-12-8-10-18(24)16-23-20(21)22-15-17-9-4-5-11-19(17)28(26,27)25-13-6-3-7-14-25;/h4-5,9,11,18H,2-3,6-8,10,12-16H2,1H3,(H3,21,22,23);1H. The number of likely N-dealkylation sites (tertiary alicyclic amines) is 1. The minimum Gasteiger partial charge on any atom is -0.370 e. The highest BCUT2D eigenvalue weighted by atomic mass is 127. The molecule has 0 aromatic heterocycles. The molecule has 2 heterocycles. The molecule has 29 heavy (non-hydrogen) atoms. The number of aliphatic imine (C=N–C) groups is 1. The summed E-state index contributed by atoms with van der Waals surface area (Å²) in [5.41, 5.74) is 6.74. The summed E-state index contributed by atoms with van der Waals surface area (Å²) < 4.78 is 27.7. The van der Waals surface area contributed by atoms with Crippen molar-refractivity contribution in [3.8, 4) is 0 Å². The van der Waals surface area contributed by atoms with Gasteiger partial charge in [-0.15, -0.1) is 24.0 Å². The highest BCUT2D eigenvalue weighted by molar-refractivity contribution is 14.0. The first-order valence-corrected chi connectivity index (χ1v) is 11.8. The van der Waals surface area contributed by atoms with Gasteiger partial charge in [0.1, 0.15) is 0 Å². The Bertz CT molecular complexity index is 781. The second-order valence-electron chi connectivity index (χ2n) is 7.58. The van der Waals surface area contributed by atoms with Crippen molar-refractivity contribution >= 4 is 40.0 Å². The summed E-state index contributed by atoms with van der Waals surface area (Å²) >= 11 is 0. The van der Waals surface area contributed by atoms with E-state index in [-0.39, 0.29) is 30.5 Å². The molecule has 2 fully saturated rings. The summed E-state index contributed by atoms with van der Waals surface area (Å²) in [6.45, 7) is 6.58. The smallest absolute Gasteiger partial charge is 0.243 e. The third kappa shape index (κ3) is 6.28. The van der Waals surface area contributed by atoms with Crippen molar-refractivity contribution in [2.24, 2.45) is 10.7 Å². The molecule has 2 saturated heterocycles. The highest BCUT2D eigenvalue weighted by Gasteiger charge is 2.28. The van der Waals surface area contributed by atoms with Crippen LogP contribution in [0.25, 0.3) is 0 Å². The van der Waals surface area contributed by atoms with Crippen LogP contribution in [-0.4, -0.2) is 62.3 Å². The topological polar surface area (TPSA) is 91.0 Å². The number of nitrogens with zero attached hydrogens (tertiary/aromatic N) is 3. The van der Waals surface area contributed by atoms with Crippen molar-refractivity contribution in [3.05, 3.63) is 29.8 Å². The van der Waals surface area contributed by atoms with E-state index in [4.69, 9.17) is 5.73 Å². The molecule has 0 spiro atoms. The normalized spacial score (nSPS) is 21.7. The number of guanidine groups is 1. The van der Waals surface area contributed by atoms with Crippen molar-refractivity contribution in [2.75, 3.05) is 32.7 Å². The quantitative estimate of drug-likeness (QED) is 0.318. The molecule has 1 atom stereocenters. The van der Waals surface area contributed by atoms with Crippen LogP contribution in [0.5, 0.6) is 0 Å². The van der Waals surface area contributed by atoms with E-state index in [0.29, 0.717) is 35.5 Å². The number of nitrogens with one attached hydrogen (secondary N) is 1. The Morgan fingerprint density at radius 3 is 2.62 bits per heavy atom. The van der Waals surface area contributed by atoms with Gasteiger partial charge in [-0.25, -0.2) is 13.4 Å². The Hall–Kier alpha value is -0.910. The molecule has 1 unspecified atom stereocenters. The average Bonchev–Trinajstić information content (AvgIpc) is 3.19. The Morgan fingerprint density at radius 1 is 1.17 bits per heavy atom. The van der Waals surface area contributed by atoms with E-state index in [0.717, 1.165) is 38.9 Å². The largest absolute Gasteiger partial charge is 0.370 e. The Kier molecular flexibility index (Phi) is 9.64. The minimum absolute atomic E-state index is 0. The third-order valence-electron chi connectivity index (χ3n) is 5.75. The van der Waals surface area contributed by atoms with Gasteiger partial charge in [0.2, 0.25) is 10.0 Å². The molecule has 2 aliphatic rings. The zero-order valence-electron chi connectivity index (χ0n) is 17.2. The fourth-order valence-corrected chi connectivity index (χ4v) is 5.85. The molecule has 0 aliphatic carbocycles. The van der Waals surface area contributed by atoms with Crippen LogP contribution in [0, 0.1) is 0 Å². The van der Waals surface area contributed by atoms with Gasteiger partial charge < -0.3 is 11.1 Å². The van der Waals surface area contributed by atoms with Crippen LogP contribution in [0.4, 0.5) is 0 Å². The van der Waals surface area contributed by atoms with Crippen molar-refractivity contribution in [3.63, 3.8) is 0 Å².